The molecule has 1 saturated heterocycles. The van der Waals surface area contributed by atoms with E-state index in [0.717, 1.165) is 32.1 Å². The minimum Gasteiger partial charge on any atom is -0.369 e. The fourth-order valence-corrected chi connectivity index (χ4v) is 9.49. The van der Waals surface area contributed by atoms with Gasteiger partial charge in [-0.15, -0.1) is 0 Å². The van der Waals surface area contributed by atoms with Crippen LogP contribution in [0.25, 0.3) is 43.8 Å². The molecule has 0 spiro atoms. The first kappa shape index (κ1) is 32.6. The number of unbranched alkanes of at least 4 members (excludes halogenated alkanes) is 1. The summed E-state index contributed by atoms with van der Waals surface area (Å²) in [5, 5.41) is 5.55. The lowest BCUT2D eigenvalue weighted by Gasteiger charge is -2.57. The largest absolute Gasteiger partial charge is 0.369 e. The maximum atomic E-state index is 6.29. The molecule has 0 amide bonds. The van der Waals surface area contributed by atoms with Crippen LogP contribution in [0.3, 0.4) is 0 Å². The molecule has 5 aromatic carbocycles. The van der Waals surface area contributed by atoms with Crippen molar-refractivity contribution >= 4 is 21.5 Å². The van der Waals surface area contributed by atoms with Crippen LogP contribution in [0.1, 0.15) is 94.2 Å². The minimum absolute atomic E-state index is 0.0701. The van der Waals surface area contributed by atoms with E-state index in [1.165, 1.54) is 77.2 Å². The fraction of sp³-hybridized carbons (Fsp3) is 0.362. The summed E-state index contributed by atoms with van der Waals surface area (Å²) in [7, 11) is 0. The van der Waals surface area contributed by atoms with E-state index in [1.807, 2.05) is 6.08 Å². The molecule has 0 bridgehead atoms. The molecular formula is C47H52O. The molecule has 0 radical (unpaired) electrons. The van der Waals surface area contributed by atoms with Crippen LogP contribution in [-0.2, 0) is 23.0 Å². The van der Waals surface area contributed by atoms with Gasteiger partial charge in [0, 0.05) is 11.3 Å². The summed E-state index contributed by atoms with van der Waals surface area (Å²) in [5.74, 6) is 0.528. The normalized spacial score (nSPS) is 17.5. The van der Waals surface area contributed by atoms with E-state index < -0.39 is 0 Å². The molecule has 2 aliphatic rings. The molecule has 0 aromatic heterocycles. The summed E-state index contributed by atoms with van der Waals surface area (Å²) in [5.41, 5.74) is 13.7. The van der Waals surface area contributed by atoms with Gasteiger partial charge in [0.2, 0.25) is 0 Å². The van der Waals surface area contributed by atoms with E-state index in [0.29, 0.717) is 5.92 Å². The summed E-state index contributed by atoms with van der Waals surface area (Å²) in [6, 6.07) is 28.5. The van der Waals surface area contributed by atoms with Crippen molar-refractivity contribution in [3.63, 3.8) is 0 Å². The molecule has 0 atom stereocenters. The molecule has 0 unspecified atom stereocenters. The van der Waals surface area contributed by atoms with Crippen molar-refractivity contribution in [1.82, 2.24) is 0 Å². The Labute approximate surface area is 288 Å². The van der Waals surface area contributed by atoms with Crippen LogP contribution in [0.2, 0.25) is 0 Å². The molecule has 246 valence electrons. The van der Waals surface area contributed by atoms with Gasteiger partial charge in [0.1, 0.15) is 0 Å². The quantitative estimate of drug-likeness (QED) is 0.116. The zero-order valence-electron chi connectivity index (χ0n) is 30.4. The lowest BCUT2D eigenvalue weighted by molar-refractivity contribution is -0.295. The van der Waals surface area contributed by atoms with Gasteiger partial charge in [-0.3, -0.25) is 0 Å². The van der Waals surface area contributed by atoms with Crippen molar-refractivity contribution in [3.8, 4) is 22.3 Å². The highest BCUT2D eigenvalue weighted by atomic mass is 16.6. The van der Waals surface area contributed by atoms with Crippen molar-refractivity contribution < 1.29 is 4.74 Å². The maximum Gasteiger partial charge on any atom is 0.0689 e. The number of benzene rings is 5. The highest BCUT2D eigenvalue weighted by molar-refractivity contribution is 6.04. The Morgan fingerprint density at radius 1 is 0.708 bits per heavy atom. The van der Waals surface area contributed by atoms with E-state index in [2.05, 4.69) is 147 Å². The second-order valence-corrected chi connectivity index (χ2v) is 16.2. The average Bonchev–Trinajstić information content (AvgIpc) is 3.25. The van der Waals surface area contributed by atoms with E-state index in [1.54, 1.807) is 0 Å². The Kier molecular flexibility index (Phi) is 8.07. The zero-order valence-corrected chi connectivity index (χ0v) is 30.4. The molecule has 1 fully saturated rings. The second-order valence-electron chi connectivity index (χ2n) is 16.2. The number of aryl methyl sites for hydroxylation is 4. The van der Waals surface area contributed by atoms with Crippen molar-refractivity contribution in [1.29, 1.82) is 0 Å². The van der Waals surface area contributed by atoms with Crippen molar-refractivity contribution in [2.75, 3.05) is 0 Å². The molecule has 7 rings (SSSR count). The van der Waals surface area contributed by atoms with Crippen LogP contribution in [0, 0.1) is 19.8 Å². The highest BCUT2D eigenvalue weighted by Gasteiger charge is 2.53. The topological polar surface area (TPSA) is 9.23 Å². The minimum atomic E-state index is -0.0724. The molecule has 0 N–H and O–H groups in total. The molecule has 1 heterocycles. The number of hydrogen-bond acceptors (Lipinski definition) is 1. The highest BCUT2D eigenvalue weighted by Crippen LogP contribution is 2.53. The van der Waals surface area contributed by atoms with E-state index in [4.69, 9.17) is 4.74 Å². The van der Waals surface area contributed by atoms with E-state index in [9.17, 15) is 0 Å². The third kappa shape index (κ3) is 5.45. The predicted molar refractivity (Wildman–Crippen MR) is 207 cm³/mol. The number of allylic oxidation sites excluding steroid dienone is 3. The van der Waals surface area contributed by atoms with Crippen molar-refractivity contribution in [2.24, 2.45) is 5.92 Å². The van der Waals surface area contributed by atoms with Crippen LogP contribution < -0.4 is 0 Å². The lowest BCUT2D eigenvalue weighted by atomic mass is 9.69. The monoisotopic (exact) mass is 632 g/mol. The second kappa shape index (κ2) is 11.9. The van der Waals surface area contributed by atoms with E-state index >= 15 is 0 Å². The molecular weight excluding hydrogens is 581 g/mol. The van der Waals surface area contributed by atoms with Gasteiger partial charge in [-0.1, -0.05) is 105 Å². The summed E-state index contributed by atoms with van der Waals surface area (Å²) < 4.78 is 6.29. The maximum absolute atomic E-state index is 6.29. The zero-order chi connectivity index (χ0) is 34.0. The first-order chi connectivity index (χ1) is 22.8. The van der Waals surface area contributed by atoms with Gasteiger partial charge in [-0.25, -0.2) is 0 Å². The summed E-state index contributed by atoms with van der Waals surface area (Å²) in [4.78, 5) is 0. The van der Waals surface area contributed by atoms with E-state index in [-0.39, 0.29) is 16.6 Å². The van der Waals surface area contributed by atoms with Gasteiger partial charge in [0.15, 0.2) is 0 Å². The van der Waals surface area contributed by atoms with Crippen LogP contribution in [0.5, 0.6) is 0 Å². The molecule has 1 heteroatoms. The third-order valence-electron chi connectivity index (χ3n) is 11.6. The molecule has 1 aliphatic carbocycles. The SMILES string of the molecule is C=C/C=C\CCCc1cc(-c2ccc3c(c2)C(C)(C)c2cc(C)c4ccccc4c2-3)cc2c(CCC3C(C)(C)OC3(C)C)cc(C)cc12. The number of fused-ring (bicyclic) bond motifs is 6. The molecule has 1 nitrogen and oxygen atoms in total. The van der Waals surface area contributed by atoms with Crippen LogP contribution >= 0.6 is 0 Å². The lowest BCUT2D eigenvalue weighted by Crippen LogP contribution is -2.62. The van der Waals surface area contributed by atoms with Crippen LogP contribution in [-0.4, -0.2) is 11.2 Å². The van der Waals surface area contributed by atoms with Crippen LogP contribution in [0.4, 0.5) is 0 Å². The summed E-state index contributed by atoms with van der Waals surface area (Å²) in [6.07, 6.45) is 11.6. The third-order valence-corrected chi connectivity index (χ3v) is 11.6. The van der Waals surface area contributed by atoms with Crippen molar-refractivity contribution in [2.45, 2.75) is 104 Å². The molecule has 0 saturated carbocycles. The number of ether oxygens (including phenoxy) is 1. The Morgan fingerprint density at radius 2 is 1.42 bits per heavy atom. The molecule has 48 heavy (non-hydrogen) atoms. The molecule has 1 aliphatic heterocycles. The number of rotatable bonds is 9. The first-order valence-electron chi connectivity index (χ1n) is 18.0. The Hall–Kier alpha value is -3.94. The van der Waals surface area contributed by atoms with Gasteiger partial charge < -0.3 is 4.74 Å². The smallest absolute Gasteiger partial charge is 0.0689 e. The first-order valence-corrected chi connectivity index (χ1v) is 18.0. The van der Waals surface area contributed by atoms with Crippen molar-refractivity contribution in [3.05, 3.63) is 131 Å². The van der Waals surface area contributed by atoms with Gasteiger partial charge >= 0.3 is 0 Å². The average molecular weight is 633 g/mol. The van der Waals surface area contributed by atoms with Gasteiger partial charge in [0.05, 0.1) is 11.2 Å². The van der Waals surface area contributed by atoms with Gasteiger partial charge in [0.25, 0.3) is 0 Å². The predicted octanol–water partition coefficient (Wildman–Crippen LogP) is 12.8. The van der Waals surface area contributed by atoms with Crippen LogP contribution in [0.15, 0.2) is 97.6 Å². The Morgan fingerprint density at radius 3 is 2.15 bits per heavy atom. The standard InChI is InChI=1S/C47H52O/c1-10-11-12-13-14-17-33-27-35(28-40-34(24-30(2)25-39(33)40)21-23-43-46(6,7)48-47(43,8)9)32-20-22-38-41(29-32)45(4,5)42-26-31(3)36-18-15-16-19-37(36)44(38)42/h10-12,15-16,18-20,22,24-29,43H,1,13-14,17,21,23H2,2-9H3/b12-11-. The Balaban J connectivity index is 1.34. The fourth-order valence-electron chi connectivity index (χ4n) is 9.49. The van der Waals surface area contributed by atoms with Gasteiger partial charge in [-0.05, 0) is 157 Å². The Bertz CT molecular complexity index is 2090. The van der Waals surface area contributed by atoms with Gasteiger partial charge in [-0.2, -0.15) is 0 Å². The number of hydrogen-bond donors (Lipinski definition) is 0. The summed E-state index contributed by atoms with van der Waals surface area (Å²) in [6.45, 7) is 22.2. The summed E-state index contributed by atoms with van der Waals surface area (Å²) >= 11 is 0. The molecule has 5 aromatic rings.